The molecule has 23 heavy (non-hydrogen) atoms. The monoisotopic (exact) mass is 319 g/mol. The van der Waals surface area contributed by atoms with Gasteiger partial charge < -0.3 is 24.6 Å². The first-order valence-electron chi connectivity index (χ1n) is 7.71. The van der Waals surface area contributed by atoms with Crippen LogP contribution in [0.3, 0.4) is 0 Å². The van der Waals surface area contributed by atoms with Gasteiger partial charge in [0.15, 0.2) is 11.5 Å². The van der Waals surface area contributed by atoms with Crippen LogP contribution in [0.1, 0.15) is 23.2 Å². The van der Waals surface area contributed by atoms with Crippen LogP contribution in [0.4, 0.5) is 4.79 Å². The second kappa shape index (κ2) is 6.36. The van der Waals surface area contributed by atoms with Gasteiger partial charge in [0.1, 0.15) is 0 Å². The van der Waals surface area contributed by atoms with Gasteiger partial charge in [0.05, 0.1) is 0 Å². The Hall–Kier alpha value is -2.44. The fourth-order valence-corrected chi connectivity index (χ4v) is 2.80. The maximum atomic E-state index is 12.3. The molecule has 2 heterocycles. The quantitative estimate of drug-likeness (QED) is 0.892. The minimum absolute atomic E-state index is 0.0190. The Morgan fingerprint density at radius 3 is 2.57 bits per heavy atom. The van der Waals surface area contributed by atoms with Crippen molar-refractivity contribution in [3.05, 3.63) is 23.8 Å². The van der Waals surface area contributed by atoms with Crippen LogP contribution in [0.5, 0.6) is 11.5 Å². The van der Waals surface area contributed by atoms with Crippen molar-refractivity contribution in [2.24, 2.45) is 0 Å². The minimum atomic E-state index is -0.124. The lowest BCUT2D eigenvalue weighted by atomic mass is 10.0. The maximum Gasteiger partial charge on any atom is 0.319 e. The van der Waals surface area contributed by atoms with Crippen LogP contribution in [-0.4, -0.2) is 61.8 Å². The Morgan fingerprint density at radius 1 is 1.17 bits per heavy atom. The lowest BCUT2D eigenvalue weighted by Gasteiger charge is -2.33. The number of carbonyl (C=O) groups excluding carboxylic acids is 2. The molecule has 1 saturated heterocycles. The molecule has 0 aliphatic carbocycles. The SMILES string of the molecule is CN(C)C(=O)N1CCC(NC(=O)c2ccc3c(c2)OCO3)CC1. The molecule has 0 radical (unpaired) electrons. The van der Waals surface area contributed by atoms with Gasteiger partial charge in [-0.2, -0.15) is 0 Å². The molecule has 1 aromatic rings. The fourth-order valence-electron chi connectivity index (χ4n) is 2.80. The Kier molecular flexibility index (Phi) is 4.27. The van der Waals surface area contributed by atoms with Crippen molar-refractivity contribution in [3.63, 3.8) is 0 Å². The van der Waals surface area contributed by atoms with E-state index in [4.69, 9.17) is 9.47 Å². The molecule has 1 aromatic carbocycles. The molecule has 0 bridgehead atoms. The topological polar surface area (TPSA) is 71.1 Å². The molecule has 2 aliphatic rings. The number of fused-ring (bicyclic) bond motifs is 1. The van der Waals surface area contributed by atoms with Gasteiger partial charge >= 0.3 is 6.03 Å². The maximum absolute atomic E-state index is 12.3. The summed E-state index contributed by atoms with van der Waals surface area (Å²) in [4.78, 5) is 27.6. The van der Waals surface area contributed by atoms with Crippen molar-refractivity contribution in [2.75, 3.05) is 34.0 Å². The number of hydrogen-bond acceptors (Lipinski definition) is 4. The van der Waals surface area contributed by atoms with E-state index in [-0.39, 0.29) is 24.8 Å². The lowest BCUT2D eigenvalue weighted by Crippen LogP contribution is -2.49. The van der Waals surface area contributed by atoms with Gasteiger partial charge in [-0.05, 0) is 31.0 Å². The number of urea groups is 1. The van der Waals surface area contributed by atoms with Crippen molar-refractivity contribution in [3.8, 4) is 11.5 Å². The summed E-state index contributed by atoms with van der Waals surface area (Å²) in [5.74, 6) is 1.14. The first kappa shape index (κ1) is 15.5. The van der Waals surface area contributed by atoms with Crippen molar-refractivity contribution >= 4 is 11.9 Å². The normalized spacial score (nSPS) is 17.0. The molecule has 0 aromatic heterocycles. The number of piperidine rings is 1. The van der Waals surface area contributed by atoms with Gasteiger partial charge in [-0.25, -0.2) is 4.79 Å². The molecule has 1 N–H and O–H groups in total. The zero-order valence-corrected chi connectivity index (χ0v) is 13.4. The van der Waals surface area contributed by atoms with Gasteiger partial charge in [-0.15, -0.1) is 0 Å². The van der Waals surface area contributed by atoms with Crippen LogP contribution >= 0.6 is 0 Å². The molecule has 0 atom stereocenters. The van der Waals surface area contributed by atoms with Gasteiger partial charge in [-0.1, -0.05) is 0 Å². The highest BCUT2D eigenvalue weighted by Crippen LogP contribution is 2.32. The number of likely N-dealkylation sites (tertiary alicyclic amines) is 1. The molecule has 2 aliphatic heterocycles. The third-order valence-corrected chi connectivity index (χ3v) is 4.12. The molecular formula is C16H21N3O4. The van der Waals surface area contributed by atoms with Crippen LogP contribution in [0.15, 0.2) is 18.2 Å². The third kappa shape index (κ3) is 3.33. The zero-order chi connectivity index (χ0) is 16.4. The molecule has 1 fully saturated rings. The summed E-state index contributed by atoms with van der Waals surface area (Å²) in [6.07, 6.45) is 1.52. The van der Waals surface area contributed by atoms with Crippen molar-refractivity contribution in [1.29, 1.82) is 0 Å². The Balaban J connectivity index is 1.54. The molecule has 124 valence electrons. The van der Waals surface area contributed by atoms with Crippen LogP contribution in [-0.2, 0) is 0 Å². The fraction of sp³-hybridized carbons (Fsp3) is 0.500. The van der Waals surface area contributed by atoms with E-state index in [1.54, 1.807) is 37.2 Å². The van der Waals surface area contributed by atoms with E-state index >= 15 is 0 Å². The van der Waals surface area contributed by atoms with E-state index in [1.807, 2.05) is 4.90 Å². The highest BCUT2D eigenvalue weighted by Gasteiger charge is 2.25. The molecule has 7 nitrogen and oxygen atoms in total. The summed E-state index contributed by atoms with van der Waals surface area (Å²) in [5, 5.41) is 3.03. The van der Waals surface area contributed by atoms with E-state index in [0.717, 1.165) is 12.8 Å². The van der Waals surface area contributed by atoms with Gasteiger partial charge in [0.25, 0.3) is 5.91 Å². The van der Waals surface area contributed by atoms with E-state index in [1.165, 1.54) is 0 Å². The average Bonchev–Trinajstić information content (AvgIpc) is 3.02. The second-order valence-electron chi connectivity index (χ2n) is 5.98. The Labute approximate surface area is 135 Å². The molecule has 3 amide bonds. The number of amides is 3. The van der Waals surface area contributed by atoms with E-state index < -0.39 is 0 Å². The van der Waals surface area contributed by atoms with Crippen molar-refractivity contribution in [1.82, 2.24) is 15.1 Å². The summed E-state index contributed by atoms with van der Waals surface area (Å²) in [6, 6.07) is 5.27. The summed E-state index contributed by atoms with van der Waals surface area (Å²) < 4.78 is 10.5. The molecule has 0 unspecified atom stereocenters. The molecule has 0 spiro atoms. The standard InChI is InChI=1S/C16H21N3O4/c1-18(2)16(21)19-7-5-12(6-8-19)17-15(20)11-3-4-13-14(9-11)23-10-22-13/h3-4,9,12H,5-8,10H2,1-2H3,(H,17,20). The number of hydrogen-bond donors (Lipinski definition) is 1. The third-order valence-electron chi connectivity index (χ3n) is 4.12. The summed E-state index contributed by atoms with van der Waals surface area (Å²) in [5.41, 5.74) is 0.557. The zero-order valence-electron chi connectivity index (χ0n) is 13.4. The number of rotatable bonds is 2. The Morgan fingerprint density at radius 2 is 1.87 bits per heavy atom. The highest BCUT2D eigenvalue weighted by atomic mass is 16.7. The van der Waals surface area contributed by atoms with Crippen molar-refractivity contribution < 1.29 is 19.1 Å². The van der Waals surface area contributed by atoms with Crippen LogP contribution in [0, 0.1) is 0 Å². The second-order valence-corrected chi connectivity index (χ2v) is 5.98. The van der Waals surface area contributed by atoms with Crippen LogP contribution < -0.4 is 14.8 Å². The largest absolute Gasteiger partial charge is 0.454 e. The molecule has 3 rings (SSSR count). The molecule has 7 heteroatoms. The summed E-state index contributed by atoms with van der Waals surface area (Å²) >= 11 is 0. The predicted molar refractivity (Wildman–Crippen MR) is 83.7 cm³/mol. The number of carbonyl (C=O) groups is 2. The smallest absolute Gasteiger partial charge is 0.319 e. The number of nitrogens with one attached hydrogen (secondary N) is 1. The average molecular weight is 319 g/mol. The van der Waals surface area contributed by atoms with Gasteiger partial charge in [-0.3, -0.25) is 4.79 Å². The number of nitrogens with zero attached hydrogens (tertiary/aromatic N) is 2. The predicted octanol–water partition coefficient (Wildman–Crippen LogP) is 1.29. The number of benzene rings is 1. The van der Waals surface area contributed by atoms with E-state index in [9.17, 15) is 9.59 Å². The molecular weight excluding hydrogens is 298 g/mol. The minimum Gasteiger partial charge on any atom is -0.454 e. The van der Waals surface area contributed by atoms with Gasteiger partial charge in [0.2, 0.25) is 6.79 Å². The highest BCUT2D eigenvalue weighted by molar-refractivity contribution is 5.95. The summed E-state index contributed by atoms with van der Waals surface area (Å²) in [6.45, 7) is 1.50. The van der Waals surface area contributed by atoms with E-state index in [2.05, 4.69) is 5.32 Å². The summed E-state index contributed by atoms with van der Waals surface area (Å²) in [7, 11) is 3.49. The van der Waals surface area contributed by atoms with Crippen LogP contribution in [0.25, 0.3) is 0 Å². The lowest BCUT2D eigenvalue weighted by molar-refractivity contribution is 0.0913. The molecule has 0 saturated carbocycles. The number of ether oxygens (including phenoxy) is 2. The Bertz CT molecular complexity index is 609. The first-order chi connectivity index (χ1) is 11.0. The van der Waals surface area contributed by atoms with Crippen molar-refractivity contribution in [2.45, 2.75) is 18.9 Å². The van der Waals surface area contributed by atoms with Gasteiger partial charge in [0, 0.05) is 38.8 Å². The first-order valence-corrected chi connectivity index (χ1v) is 7.71. The van der Waals surface area contributed by atoms with Crippen LogP contribution in [0.2, 0.25) is 0 Å². The van der Waals surface area contributed by atoms with E-state index in [0.29, 0.717) is 30.2 Å².